The van der Waals surface area contributed by atoms with E-state index in [9.17, 15) is 9.59 Å². The van der Waals surface area contributed by atoms with E-state index in [0.717, 1.165) is 28.4 Å². The number of nitrogens with zero attached hydrogens (tertiary/aromatic N) is 1. The lowest BCUT2D eigenvalue weighted by atomic mass is 9.99. The highest BCUT2D eigenvalue weighted by Crippen LogP contribution is 2.17. The minimum absolute atomic E-state index is 0.253. The maximum Gasteiger partial charge on any atom is 0.407 e. The van der Waals surface area contributed by atoms with E-state index in [1.165, 1.54) is 0 Å². The predicted molar refractivity (Wildman–Crippen MR) is 94.0 cm³/mol. The van der Waals surface area contributed by atoms with Crippen molar-refractivity contribution in [1.29, 1.82) is 0 Å². The molecule has 0 bridgehead atoms. The molecule has 0 saturated carbocycles. The number of aldehydes is 1. The van der Waals surface area contributed by atoms with E-state index in [2.05, 4.69) is 10.3 Å². The Morgan fingerprint density at radius 1 is 1.29 bits per heavy atom. The van der Waals surface area contributed by atoms with Crippen molar-refractivity contribution in [1.82, 2.24) is 10.3 Å². The average Bonchev–Trinajstić information content (AvgIpc) is 2.49. The van der Waals surface area contributed by atoms with Gasteiger partial charge < -0.3 is 14.8 Å². The summed E-state index contributed by atoms with van der Waals surface area (Å²) in [5.74, 6) is -0.298. The van der Waals surface area contributed by atoms with Crippen molar-refractivity contribution in [3.63, 3.8) is 0 Å². The van der Waals surface area contributed by atoms with Gasteiger partial charge in [-0.3, -0.25) is 4.98 Å². The first-order valence-electron chi connectivity index (χ1n) is 8.05. The molecule has 0 unspecified atom stereocenters. The minimum atomic E-state index is -0.551. The van der Waals surface area contributed by atoms with Gasteiger partial charge in [-0.05, 0) is 57.9 Å². The fourth-order valence-corrected chi connectivity index (χ4v) is 2.40. The van der Waals surface area contributed by atoms with Crippen LogP contribution in [0.1, 0.15) is 32.0 Å². The number of carbonyl (C=O) groups is 2. The van der Waals surface area contributed by atoms with Gasteiger partial charge in [0, 0.05) is 23.5 Å². The van der Waals surface area contributed by atoms with Crippen LogP contribution in [0.4, 0.5) is 4.79 Å². The fourth-order valence-electron chi connectivity index (χ4n) is 2.40. The number of hydrogen-bond acceptors (Lipinski definition) is 4. The first kappa shape index (κ1) is 17.9. The quantitative estimate of drug-likeness (QED) is 0.854. The molecule has 0 aliphatic carbocycles. The van der Waals surface area contributed by atoms with Crippen LogP contribution in [0.3, 0.4) is 0 Å². The number of rotatable bonds is 5. The largest absolute Gasteiger partial charge is 0.444 e. The first-order valence-corrected chi connectivity index (χ1v) is 8.05. The zero-order chi connectivity index (χ0) is 17.7. The third kappa shape index (κ3) is 5.33. The van der Waals surface area contributed by atoms with E-state index < -0.39 is 11.7 Å². The summed E-state index contributed by atoms with van der Waals surface area (Å²) in [4.78, 5) is 27.5. The molecule has 1 aromatic heterocycles. The van der Waals surface area contributed by atoms with Crippen LogP contribution in [-0.2, 0) is 16.0 Å². The van der Waals surface area contributed by atoms with E-state index in [4.69, 9.17) is 4.74 Å². The number of amides is 1. The number of benzene rings is 1. The van der Waals surface area contributed by atoms with E-state index in [1.54, 1.807) is 20.8 Å². The number of fused-ring (bicyclic) bond motifs is 1. The van der Waals surface area contributed by atoms with Crippen LogP contribution in [0, 0.1) is 12.8 Å². The summed E-state index contributed by atoms with van der Waals surface area (Å²) >= 11 is 0. The molecule has 5 nitrogen and oxygen atoms in total. The molecule has 0 spiro atoms. The molecule has 0 aliphatic heterocycles. The molecule has 2 rings (SSSR count). The summed E-state index contributed by atoms with van der Waals surface area (Å²) in [5, 5.41) is 3.69. The summed E-state index contributed by atoms with van der Waals surface area (Å²) in [6, 6.07) is 9.95. The molecule has 2 aromatic rings. The third-order valence-electron chi connectivity index (χ3n) is 3.49. The zero-order valence-electron chi connectivity index (χ0n) is 14.6. The number of aryl methyl sites for hydroxylation is 1. The second kappa shape index (κ2) is 7.43. The number of carbonyl (C=O) groups excluding carboxylic acids is 2. The smallest absolute Gasteiger partial charge is 0.407 e. The molecule has 1 N–H and O–H groups in total. The summed E-state index contributed by atoms with van der Waals surface area (Å²) in [5.41, 5.74) is 2.40. The van der Waals surface area contributed by atoms with Gasteiger partial charge in [0.05, 0.1) is 5.52 Å². The van der Waals surface area contributed by atoms with Gasteiger partial charge in [-0.1, -0.05) is 12.1 Å². The molecule has 1 aromatic carbocycles. The summed E-state index contributed by atoms with van der Waals surface area (Å²) in [6.07, 6.45) is 0.922. The Morgan fingerprint density at radius 2 is 2.04 bits per heavy atom. The van der Waals surface area contributed by atoms with Gasteiger partial charge in [-0.2, -0.15) is 0 Å². The number of pyridine rings is 1. The molecule has 1 atom stereocenters. The van der Waals surface area contributed by atoms with Gasteiger partial charge in [0.15, 0.2) is 0 Å². The predicted octanol–water partition coefficient (Wildman–Crippen LogP) is 3.43. The van der Waals surface area contributed by atoms with Crippen LogP contribution >= 0.6 is 0 Å². The number of alkyl carbamates (subject to hydrolysis) is 1. The third-order valence-corrected chi connectivity index (χ3v) is 3.49. The van der Waals surface area contributed by atoms with Crippen LogP contribution in [-0.4, -0.2) is 29.5 Å². The van der Waals surface area contributed by atoms with Gasteiger partial charge in [0.1, 0.15) is 11.9 Å². The van der Waals surface area contributed by atoms with E-state index >= 15 is 0 Å². The van der Waals surface area contributed by atoms with Gasteiger partial charge in [-0.25, -0.2) is 4.79 Å². The maximum atomic E-state index is 11.7. The van der Waals surface area contributed by atoms with Crippen LogP contribution in [0.25, 0.3) is 10.9 Å². The second-order valence-corrected chi connectivity index (χ2v) is 6.96. The molecule has 0 fully saturated rings. The molecule has 128 valence electrons. The lowest BCUT2D eigenvalue weighted by Gasteiger charge is -2.20. The van der Waals surface area contributed by atoms with Gasteiger partial charge in [0.2, 0.25) is 0 Å². The topological polar surface area (TPSA) is 68.3 Å². The van der Waals surface area contributed by atoms with Gasteiger partial charge >= 0.3 is 6.09 Å². The Balaban J connectivity index is 1.98. The maximum absolute atomic E-state index is 11.7. The highest BCUT2D eigenvalue weighted by atomic mass is 16.6. The Kier molecular flexibility index (Phi) is 5.54. The number of ether oxygens (including phenoxy) is 1. The Hall–Kier alpha value is -2.43. The monoisotopic (exact) mass is 328 g/mol. The molecule has 24 heavy (non-hydrogen) atoms. The van der Waals surface area contributed by atoms with E-state index in [1.807, 2.05) is 37.3 Å². The number of hydrogen-bond donors (Lipinski definition) is 1. The number of nitrogens with one attached hydrogen (secondary N) is 1. The average molecular weight is 328 g/mol. The summed E-state index contributed by atoms with van der Waals surface area (Å²) < 4.78 is 5.18. The highest BCUT2D eigenvalue weighted by Gasteiger charge is 2.17. The lowest BCUT2D eigenvalue weighted by Crippen LogP contribution is -2.36. The summed E-state index contributed by atoms with van der Waals surface area (Å²) in [6.45, 7) is 7.61. The standard InChI is InChI=1S/C19H24N2O3/c1-13-5-7-16-10-14(6-8-17(16)21-13)9-15(12-22)11-20-18(23)24-19(2,3)4/h5-8,10,12,15H,9,11H2,1-4H3,(H,20,23)/t15-/m0/s1. The molecule has 0 saturated heterocycles. The van der Waals surface area contributed by atoms with Crippen LogP contribution in [0.15, 0.2) is 30.3 Å². The minimum Gasteiger partial charge on any atom is -0.444 e. The van der Waals surface area contributed by atoms with Crippen molar-refractivity contribution >= 4 is 23.3 Å². The second-order valence-electron chi connectivity index (χ2n) is 6.96. The van der Waals surface area contributed by atoms with Crippen molar-refractivity contribution in [3.8, 4) is 0 Å². The summed E-state index contributed by atoms with van der Waals surface area (Å²) in [7, 11) is 0. The van der Waals surface area contributed by atoms with Gasteiger partial charge in [0.25, 0.3) is 0 Å². The Labute approximate surface area is 142 Å². The van der Waals surface area contributed by atoms with Crippen molar-refractivity contribution < 1.29 is 14.3 Å². The fraction of sp³-hybridized carbons (Fsp3) is 0.421. The molecular formula is C19H24N2O3. The molecule has 1 heterocycles. The van der Waals surface area contributed by atoms with Crippen molar-refractivity contribution in [3.05, 3.63) is 41.6 Å². The van der Waals surface area contributed by atoms with Crippen molar-refractivity contribution in [2.45, 2.75) is 39.7 Å². The normalized spacial score (nSPS) is 12.7. The molecule has 0 radical (unpaired) electrons. The first-order chi connectivity index (χ1) is 11.3. The highest BCUT2D eigenvalue weighted by molar-refractivity contribution is 5.79. The van der Waals surface area contributed by atoms with E-state index in [0.29, 0.717) is 6.42 Å². The molecular weight excluding hydrogens is 304 g/mol. The molecule has 1 amide bonds. The molecule has 5 heteroatoms. The zero-order valence-corrected chi connectivity index (χ0v) is 14.6. The van der Waals surface area contributed by atoms with Crippen molar-refractivity contribution in [2.75, 3.05) is 6.54 Å². The molecule has 0 aliphatic rings. The lowest BCUT2D eigenvalue weighted by molar-refractivity contribution is -0.110. The van der Waals surface area contributed by atoms with E-state index in [-0.39, 0.29) is 12.5 Å². The Bertz CT molecular complexity index is 735. The van der Waals surface area contributed by atoms with Gasteiger partial charge in [-0.15, -0.1) is 0 Å². The van der Waals surface area contributed by atoms with Crippen LogP contribution < -0.4 is 5.32 Å². The Morgan fingerprint density at radius 3 is 2.71 bits per heavy atom. The van der Waals surface area contributed by atoms with Crippen LogP contribution in [0.5, 0.6) is 0 Å². The SMILES string of the molecule is Cc1ccc2cc(C[C@H](C=O)CNC(=O)OC(C)(C)C)ccc2n1. The number of aromatic nitrogens is 1. The van der Waals surface area contributed by atoms with Crippen LogP contribution in [0.2, 0.25) is 0 Å². The van der Waals surface area contributed by atoms with Crippen molar-refractivity contribution in [2.24, 2.45) is 5.92 Å².